The van der Waals surface area contributed by atoms with Gasteiger partial charge in [0, 0.05) is 19.1 Å². The van der Waals surface area contributed by atoms with Crippen LogP contribution in [0.2, 0.25) is 0 Å². The molecule has 1 aromatic carbocycles. The van der Waals surface area contributed by atoms with Crippen molar-refractivity contribution >= 4 is 5.91 Å². The van der Waals surface area contributed by atoms with E-state index in [4.69, 9.17) is 5.73 Å². The lowest BCUT2D eigenvalue weighted by Gasteiger charge is -2.43. The number of hydrogen-bond acceptors (Lipinski definition) is 2. The standard InChI is InChI=1S/C18H26N2O/c1-2-14-4-6-15(7-5-14)12-20(16-8-9-16)17(21)18(13-19)10-3-11-18/h4-7,16H,2-3,8-13,19H2,1H3. The molecule has 114 valence electrons. The maximum atomic E-state index is 12.9. The van der Waals surface area contributed by atoms with Gasteiger partial charge in [-0.15, -0.1) is 0 Å². The van der Waals surface area contributed by atoms with Crippen LogP contribution < -0.4 is 5.73 Å². The van der Waals surface area contributed by atoms with Crippen molar-refractivity contribution in [3.05, 3.63) is 35.4 Å². The van der Waals surface area contributed by atoms with Gasteiger partial charge in [0.25, 0.3) is 0 Å². The molecule has 0 saturated heterocycles. The average Bonchev–Trinajstić information content (AvgIpc) is 3.29. The van der Waals surface area contributed by atoms with E-state index in [0.29, 0.717) is 18.5 Å². The second-order valence-corrected chi connectivity index (χ2v) is 6.67. The first kappa shape index (κ1) is 14.6. The SMILES string of the molecule is CCc1ccc(CN(C(=O)C2(CN)CCC2)C2CC2)cc1. The van der Waals surface area contributed by atoms with Gasteiger partial charge in [0.15, 0.2) is 0 Å². The molecule has 2 saturated carbocycles. The number of nitrogens with two attached hydrogens (primary N) is 1. The molecule has 0 spiro atoms. The topological polar surface area (TPSA) is 46.3 Å². The van der Waals surface area contributed by atoms with Crippen LogP contribution in [0.3, 0.4) is 0 Å². The Hall–Kier alpha value is -1.35. The number of benzene rings is 1. The highest BCUT2D eigenvalue weighted by Gasteiger charge is 2.47. The second-order valence-electron chi connectivity index (χ2n) is 6.67. The number of hydrogen-bond donors (Lipinski definition) is 1. The smallest absolute Gasteiger partial charge is 0.230 e. The summed E-state index contributed by atoms with van der Waals surface area (Å²) in [7, 11) is 0. The third-order valence-corrected chi connectivity index (χ3v) is 5.19. The molecule has 21 heavy (non-hydrogen) atoms. The van der Waals surface area contributed by atoms with Crippen molar-refractivity contribution in [2.45, 2.75) is 58.0 Å². The zero-order valence-corrected chi connectivity index (χ0v) is 13.0. The average molecular weight is 286 g/mol. The zero-order valence-electron chi connectivity index (χ0n) is 13.0. The van der Waals surface area contributed by atoms with Gasteiger partial charge in [-0.3, -0.25) is 4.79 Å². The Balaban J connectivity index is 1.73. The van der Waals surface area contributed by atoms with E-state index in [-0.39, 0.29) is 5.41 Å². The molecule has 2 aliphatic carbocycles. The Morgan fingerprint density at radius 1 is 1.24 bits per heavy atom. The minimum atomic E-state index is -0.244. The molecule has 2 N–H and O–H groups in total. The zero-order chi connectivity index (χ0) is 14.9. The summed E-state index contributed by atoms with van der Waals surface area (Å²) in [4.78, 5) is 15.0. The molecule has 0 aliphatic heterocycles. The van der Waals surface area contributed by atoms with Crippen molar-refractivity contribution < 1.29 is 4.79 Å². The van der Waals surface area contributed by atoms with Gasteiger partial charge < -0.3 is 10.6 Å². The van der Waals surface area contributed by atoms with Crippen molar-refractivity contribution in [1.29, 1.82) is 0 Å². The van der Waals surface area contributed by atoms with E-state index in [1.165, 1.54) is 11.1 Å². The summed E-state index contributed by atoms with van der Waals surface area (Å²) in [6.07, 6.45) is 6.45. The lowest BCUT2D eigenvalue weighted by molar-refractivity contribution is -0.148. The summed E-state index contributed by atoms with van der Waals surface area (Å²) >= 11 is 0. The van der Waals surface area contributed by atoms with Crippen LogP contribution in [-0.2, 0) is 17.8 Å². The van der Waals surface area contributed by atoms with Gasteiger partial charge in [-0.05, 0) is 43.2 Å². The van der Waals surface area contributed by atoms with Crippen molar-refractivity contribution in [2.75, 3.05) is 6.54 Å². The quantitative estimate of drug-likeness (QED) is 0.874. The normalized spacial score (nSPS) is 19.9. The van der Waals surface area contributed by atoms with E-state index >= 15 is 0 Å². The Morgan fingerprint density at radius 2 is 1.86 bits per heavy atom. The minimum absolute atomic E-state index is 0.244. The summed E-state index contributed by atoms with van der Waals surface area (Å²) in [5.74, 6) is 0.304. The number of amides is 1. The van der Waals surface area contributed by atoms with E-state index in [1.54, 1.807) is 0 Å². The molecule has 0 atom stereocenters. The molecule has 0 aromatic heterocycles. The van der Waals surface area contributed by atoms with Crippen LogP contribution in [0.15, 0.2) is 24.3 Å². The summed E-state index contributed by atoms with van der Waals surface area (Å²) in [5, 5.41) is 0. The van der Waals surface area contributed by atoms with Crippen LogP contribution in [0.1, 0.15) is 50.2 Å². The van der Waals surface area contributed by atoms with Gasteiger partial charge in [-0.25, -0.2) is 0 Å². The van der Waals surface area contributed by atoms with E-state index in [2.05, 4.69) is 36.1 Å². The van der Waals surface area contributed by atoms with Gasteiger partial charge in [0.05, 0.1) is 5.41 Å². The molecule has 0 unspecified atom stereocenters. The molecule has 3 rings (SSSR count). The van der Waals surface area contributed by atoms with Crippen LogP contribution in [0.4, 0.5) is 0 Å². The van der Waals surface area contributed by atoms with Crippen LogP contribution in [0, 0.1) is 5.41 Å². The summed E-state index contributed by atoms with van der Waals surface area (Å²) in [5.41, 5.74) is 8.25. The van der Waals surface area contributed by atoms with E-state index < -0.39 is 0 Å². The number of carbonyl (C=O) groups is 1. The minimum Gasteiger partial charge on any atom is -0.335 e. The highest BCUT2D eigenvalue weighted by atomic mass is 16.2. The third-order valence-electron chi connectivity index (χ3n) is 5.19. The Kier molecular flexibility index (Phi) is 4.03. The predicted molar refractivity (Wildman–Crippen MR) is 84.7 cm³/mol. The van der Waals surface area contributed by atoms with Gasteiger partial charge in [0.1, 0.15) is 0 Å². The molecular weight excluding hydrogens is 260 g/mol. The Morgan fingerprint density at radius 3 is 2.29 bits per heavy atom. The lowest BCUT2D eigenvalue weighted by Crippen LogP contribution is -2.52. The predicted octanol–water partition coefficient (Wildman–Crippen LogP) is 2.87. The highest BCUT2D eigenvalue weighted by molar-refractivity contribution is 5.84. The Bertz CT molecular complexity index is 495. The van der Waals surface area contributed by atoms with Crippen molar-refractivity contribution in [3.8, 4) is 0 Å². The number of nitrogens with zero attached hydrogens (tertiary/aromatic N) is 1. The van der Waals surface area contributed by atoms with E-state index in [0.717, 1.165) is 45.1 Å². The molecule has 3 heteroatoms. The second kappa shape index (κ2) is 5.80. The molecule has 0 bridgehead atoms. The number of carbonyl (C=O) groups excluding carboxylic acids is 1. The summed E-state index contributed by atoms with van der Waals surface area (Å²) in [6, 6.07) is 9.13. The Labute approximate surface area is 127 Å². The van der Waals surface area contributed by atoms with Crippen molar-refractivity contribution in [2.24, 2.45) is 11.1 Å². The van der Waals surface area contributed by atoms with Crippen molar-refractivity contribution in [1.82, 2.24) is 4.90 Å². The fourth-order valence-electron chi connectivity index (χ4n) is 3.24. The molecule has 1 amide bonds. The van der Waals surface area contributed by atoms with E-state index in [1.807, 2.05) is 0 Å². The molecule has 2 aliphatic rings. The van der Waals surface area contributed by atoms with Crippen LogP contribution in [0.5, 0.6) is 0 Å². The number of rotatable bonds is 6. The molecule has 1 aromatic rings. The van der Waals surface area contributed by atoms with Gasteiger partial charge >= 0.3 is 0 Å². The monoisotopic (exact) mass is 286 g/mol. The van der Waals surface area contributed by atoms with Crippen LogP contribution in [-0.4, -0.2) is 23.4 Å². The van der Waals surface area contributed by atoms with Crippen LogP contribution >= 0.6 is 0 Å². The van der Waals surface area contributed by atoms with Crippen LogP contribution in [0.25, 0.3) is 0 Å². The van der Waals surface area contributed by atoms with Gasteiger partial charge in [0.2, 0.25) is 5.91 Å². The maximum Gasteiger partial charge on any atom is 0.230 e. The lowest BCUT2D eigenvalue weighted by atomic mass is 9.67. The molecular formula is C18H26N2O. The first-order chi connectivity index (χ1) is 10.2. The van der Waals surface area contributed by atoms with E-state index in [9.17, 15) is 4.79 Å². The highest BCUT2D eigenvalue weighted by Crippen LogP contribution is 2.44. The summed E-state index contributed by atoms with van der Waals surface area (Å²) in [6.45, 7) is 3.41. The van der Waals surface area contributed by atoms with Gasteiger partial charge in [-0.1, -0.05) is 37.6 Å². The maximum absolute atomic E-state index is 12.9. The van der Waals surface area contributed by atoms with Gasteiger partial charge in [-0.2, -0.15) is 0 Å². The largest absolute Gasteiger partial charge is 0.335 e. The third kappa shape index (κ3) is 2.84. The molecule has 0 heterocycles. The first-order valence-electron chi connectivity index (χ1n) is 8.27. The van der Waals surface area contributed by atoms with Crippen molar-refractivity contribution in [3.63, 3.8) is 0 Å². The molecule has 3 nitrogen and oxygen atoms in total. The first-order valence-corrected chi connectivity index (χ1v) is 8.27. The summed E-state index contributed by atoms with van der Waals surface area (Å²) < 4.78 is 0. The molecule has 0 radical (unpaired) electrons. The fourth-order valence-corrected chi connectivity index (χ4v) is 3.24. The number of aryl methyl sites for hydroxylation is 1. The fraction of sp³-hybridized carbons (Fsp3) is 0.611. The molecule has 2 fully saturated rings.